The molecule has 0 fully saturated rings. The SMILES string of the molecule is CC(C)C(C)Nc1ccc(Br)cc1C(=O)O. The molecule has 0 spiro atoms. The third-order valence-electron chi connectivity index (χ3n) is 2.60. The maximum absolute atomic E-state index is 11.1. The van der Waals surface area contributed by atoms with Crippen LogP contribution in [0.3, 0.4) is 0 Å². The Labute approximate surface area is 104 Å². The fraction of sp³-hybridized carbons (Fsp3) is 0.417. The fourth-order valence-corrected chi connectivity index (χ4v) is 1.59. The van der Waals surface area contributed by atoms with Gasteiger partial charge in [0.25, 0.3) is 0 Å². The normalized spacial score (nSPS) is 12.6. The Morgan fingerprint density at radius 1 is 1.38 bits per heavy atom. The first-order chi connectivity index (χ1) is 7.41. The number of carboxylic acid groups (broad SMARTS) is 1. The van der Waals surface area contributed by atoms with Crippen LogP contribution in [-0.2, 0) is 0 Å². The number of rotatable bonds is 4. The number of carbonyl (C=O) groups is 1. The van der Waals surface area contributed by atoms with Gasteiger partial charge in [0.2, 0.25) is 0 Å². The van der Waals surface area contributed by atoms with Gasteiger partial charge in [-0.2, -0.15) is 0 Å². The first-order valence-corrected chi connectivity index (χ1v) is 6.00. The Morgan fingerprint density at radius 2 is 2.00 bits per heavy atom. The van der Waals surface area contributed by atoms with Crippen molar-refractivity contribution in [1.29, 1.82) is 0 Å². The quantitative estimate of drug-likeness (QED) is 0.889. The number of hydrogen-bond donors (Lipinski definition) is 2. The highest BCUT2D eigenvalue weighted by Crippen LogP contribution is 2.22. The molecule has 1 unspecified atom stereocenters. The smallest absolute Gasteiger partial charge is 0.337 e. The summed E-state index contributed by atoms with van der Waals surface area (Å²) >= 11 is 3.27. The van der Waals surface area contributed by atoms with Crippen LogP contribution >= 0.6 is 15.9 Å². The molecule has 1 atom stereocenters. The predicted octanol–water partition coefficient (Wildman–Crippen LogP) is 3.60. The molecule has 0 aliphatic heterocycles. The van der Waals surface area contributed by atoms with Gasteiger partial charge < -0.3 is 10.4 Å². The van der Waals surface area contributed by atoms with Crippen molar-refractivity contribution in [3.63, 3.8) is 0 Å². The molecule has 0 aromatic heterocycles. The van der Waals surface area contributed by atoms with Crippen molar-refractivity contribution in [3.8, 4) is 0 Å². The van der Waals surface area contributed by atoms with Gasteiger partial charge in [0, 0.05) is 16.2 Å². The summed E-state index contributed by atoms with van der Waals surface area (Å²) in [5.74, 6) is -0.468. The summed E-state index contributed by atoms with van der Waals surface area (Å²) in [7, 11) is 0. The Bertz CT molecular complexity index is 391. The molecule has 0 bridgehead atoms. The highest BCUT2D eigenvalue weighted by Gasteiger charge is 2.13. The summed E-state index contributed by atoms with van der Waals surface area (Å²) in [6.07, 6.45) is 0. The third-order valence-corrected chi connectivity index (χ3v) is 3.09. The molecular formula is C12H16BrNO2. The van der Waals surface area contributed by atoms with Crippen molar-refractivity contribution < 1.29 is 9.90 Å². The van der Waals surface area contributed by atoms with Gasteiger partial charge in [-0.3, -0.25) is 0 Å². The topological polar surface area (TPSA) is 49.3 Å². The van der Waals surface area contributed by atoms with E-state index >= 15 is 0 Å². The summed E-state index contributed by atoms with van der Waals surface area (Å²) in [5.41, 5.74) is 0.957. The lowest BCUT2D eigenvalue weighted by molar-refractivity contribution is 0.0698. The molecular weight excluding hydrogens is 270 g/mol. The first-order valence-electron chi connectivity index (χ1n) is 5.21. The summed E-state index contributed by atoms with van der Waals surface area (Å²) in [6.45, 7) is 6.23. The van der Waals surface area contributed by atoms with Gasteiger partial charge in [-0.15, -0.1) is 0 Å². The number of anilines is 1. The number of nitrogens with one attached hydrogen (secondary N) is 1. The summed E-state index contributed by atoms with van der Waals surface area (Å²) < 4.78 is 0.771. The van der Waals surface area contributed by atoms with E-state index in [9.17, 15) is 4.79 Å². The van der Waals surface area contributed by atoms with Crippen molar-refractivity contribution in [1.82, 2.24) is 0 Å². The lowest BCUT2D eigenvalue weighted by Gasteiger charge is -2.20. The summed E-state index contributed by atoms with van der Waals surface area (Å²) in [6, 6.07) is 5.46. The highest BCUT2D eigenvalue weighted by molar-refractivity contribution is 9.10. The molecule has 0 aliphatic rings. The minimum absolute atomic E-state index is 0.235. The average Bonchev–Trinajstić information content (AvgIpc) is 2.20. The molecule has 0 radical (unpaired) electrons. The fourth-order valence-electron chi connectivity index (χ4n) is 1.23. The maximum atomic E-state index is 11.1. The standard InChI is InChI=1S/C12H16BrNO2/c1-7(2)8(3)14-11-5-4-9(13)6-10(11)12(15)16/h4-8,14H,1-3H3,(H,15,16). The second-order valence-electron chi connectivity index (χ2n) is 4.17. The Kier molecular flexibility index (Phi) is 4.35. The van der Waals surface area contributed by atoms with E-state index in [4.69, 9.17) is 5.11 Å². The summed E-state index contributed by atoms with van der Waals surface area (Å²) in [5, 5.41) is 12.3. The molecule has 0 aliphatic carbocycles. The van der Waals surface area contributed by atoms with Crippen LogP contribution in [0.25, 0.3) is 0 Å². The minimum Gasteiger partial charge on any atom is -0.478 e. The van der Waals surface area contributed by atoms with Crippen molar-refractivity contribution in [2.24, 2.45) is 5.92 Å². The van der Waals surface area contributed by atoms with Crippen LogP contribution in [0, 0.1) is 5.92 Å². The van der Waals surface area contributed by atoms with Gasteiger partial charge in [-0.1, -0.05) is 29.8 Å². The number of aromatic carboxylic acids is 1. The molecule has 3 nitrogen and oxygen atoms in total. The van der Waals surface area contributed by atoms with Crippen molar-refractivity contribution >= 4 is 27.6 Å². The lowest BCUT2D eigenvalue weighted by Crippen LogP contribution is -2.22. The number of carboxylic acids is 1. The van der Waals surface area contributed by atoms with Crippen LogP contribution in [0.1, 0.15) is 31.1 Å². The van der Waals surface area contributed by atoms with E-state index < -0.39 is 5.97 Å². The molecule has 1 aromatic rings. The van der Waals surface area contributed by atoms with E-state index in [1.165, 1.54) is 0 Å². The predicted molar refractivity (Wildman–Crippen MR) is 69.0 cm³/mol. The Balaban J connectivity index is 2.99. The van der Waals surface area contributed by atoms with E-state index in [-0.39, 0.29) is 6.04 Å². The van der Waals surface area contributed by atoms with Gasteiger partial charge >= 0.3 is 5.97 Å². The van der Waals surface area contributed by atoms with Crippen LogP contribution in [0.5, 0.6) is 0 Å². The van der Waals surface area contributed by atoms with Gasteiger partial charge in [0.15, 0.2) is 0 Å². The monoisotopic (exact) mass is 285 g/mol. The van der Waals surface area contributed by atoms with Gasteiger partial charge in [0.1, 0.15) is 0 Å². The number of halogens is 1. The molecule has 88 valence electrons. The van der Waals surface area contributed by atoms with E-state index in [0.29, 0.717) is 17.2 Å². The number of benzene rings is 1. The van der Waals surface area contributed by atoms with Crippen molar-refractivity contribution in [2.45, 2.75) is 26.8 Å². The molecule has 0 saturated carbocycles. The summed E-state index contributed by atoms with van der Waals surface area (Å²) in [4.78, 5) is 11.1. The third kappa shape index (κ3) is 3.23. The molecule has 0 saturated heterocycles. The number of hydrogen-bond acceptors (Lipinski definition) is 2. The van der Waals surface area contributed by atoms with Gasteiger partial charge in [0.05, 0.1) is 5.56 Å². The Hall–Kier alpha value is -1.03. The average molecular weight is 286 g/mol. The van der Waals surface area contributed by atoms with E-state index in [1.54, 1.807) is 12.1 Å². The molecule has 0 amide bonds. The second-order valence-corrected chi connectivity index (χ2v) is 5.09. The second kappa shape index (κ2) is 5.34. The van der Waals surface area contributed by atoms with Crippen LogP contribution < -0.4 is 5.32 Å². The van der Waals surface area contributed by atoms with Crippen LogP contribution in [-0.4, -0.2) is 17.1 Å². The maximum Gasteiger partial charge on any atom is 0.337 e. The molecule has 2 N–H and O–H groups in total. The Morgan fingerprint density at radius 3 is 2.50 bits per heavy atom. The highest BCUT2D eigenvalue weighted by atomic mass is 79.9. The zero-order valence-electron chi connectivity index (χ0n) is 9.62. The molecule has 4 heteroatoms. The zero-order chi connectivity index (χ0) is 12.3. The minimum atomic E-state index is -0.917. The van der Waals surface area contributed by atoms with Crippen LogP contribution in [0.2, 0.25) is 0 Å². The van der Waals surface area contributed by atoms with E-state index in [1.807, 2.05) is 13.0 Å². The van der Waals surface area contributed by atoms with Crippen molar-refractivity contribution in [3.05, 3.63) is 28.2 Å². The van der Waals surface area contributed by atoms with Crippen molar-refractivity contribution in [2.75, 3.05) is 5.32 Å². The van der Waals surface area contributed by atoms with Crippen LogP contribution in [0.15, 0.2) is 22.7 Å². The molecule has 16 heavy (non-hydrogen) atoms. The molecule has 0 heterocycles. The largest absolute Gasteiger partial charge is 0.478 e. The van der Waals surface area contributed by atoms with Gasteiger partial charge in [-0.25, -0.2) is 4.79 Å². The molecule has 1 rings (SSSR count). The first kappa shape index (κ1) is 13.0. The van der Waals surface area contributed by atoms with E-state index in [0.717, 1.165) is 4.47 Å². The van der Waals surface area contributed by atoms with Gasteiger partial charge in [-0.05, 0) is 31.0 Å². The van der Waals surface area contributed by atoms with Crippen LogP contribution in [0.4, 0.5) is 5.69 Å². The molecule has 1 aromatic carbocycles. The van der Waals surface area contributed by atoms with E-state index in [2.05, 4.69) is 35.1 Å². The zero-order valence-corrected chi connectivity index (χ0v) is 11.2. The lowest BCUT2D eigenvalue weighted by atomic mass is 10.1.